The number of ether oxygens (including phenoxy) is 1. The zero-order valence-electron chi connectivity index (χ0n) is 8.47. The lowest BCUT2D eigenvalue weighted by molar-refractivity contribution is -0.386. The molecule has 0 bridgehead atoms. The predicted molar refractivity (Wildman–Crippen MR) is 54.9 cm³/mol. The molecule has 0 unspecified atom stereocenters. The summed E-state index contributed by atoms with van der Waals surface area (Å²) in [6.07, 6.45) is 1.47. The average Bonchev–Trinajstić information content (AvgIpc) is 2.25. The van der Waals surface area contributed by atoms with Crippen molar-refractivity contribution in [1.29, 1.82) is 0 Å². The molecule has 0 saturated heterocycles. The standard InChI is InChI=1S/C9H13N3O3/c1-2-10-6-7-15-9-8(12(13)14)4-3-5-11-9/h3-5,10H,2,6-7H2,1H3. The van der Waals surface area contributed by atoms with Crippen molar-refractivity contribution in [3.8, 4) is 5.88 Å². The SMILES string of the molecule is CCNCCOc1ncccc1[N+](=O)[O-]. The molecule has 0 aromatic carbocycles. The number of nitrogens with one attached hydrogen (secondary N) is 1. The first-order valence-corrected chi connectivity index (χ1v) is 4.68. The monoisotopic (exact) mass is 211 g/mol. The third kappa shape index (κ3) is 3.51. The Morgan fingerprint density at radius 3 is 3.13 bits per heavy atom. The number of rotatable bonds is 6. The minimum Gasteiger partial charge on any atom is -0.471 e. The van der Waals surface area contributed by atoms with Gasteiger partial charge in [-0.15, -0.1) is 0 Å². The van der Waals surface area contributed by atoms with E-state index < -0.39 is 4.92 Å². The average molecular weight is 211 g/mol. The van der Waals surface area contributed by atoms with Crippen LogP contribution in [-0.4, -0.2) is 29.6 Å². The van der Waals surface area contributed by atoms with Gasteiger partial charge in [0.1, 0.15) is 6.61 Å². The highest BCUT2D eigenvalue weighted by Crippen LogP contribution is 2.22. The molecule has 6 heteroatoms. The molecule has 0 aliphatic rings. The quantitative estimate of drug-likeness (QED) is 0.431. The number of nitrogens with zero attached hydrogens (tertiary/aromatic N) is 2. The summed E-state index contributed by atoms with van der Waals surface area (Å²) in [6.45, 7) is 3.83. The maximum atomic E-state index is 10.6. The highest BCUT2D eigenvalue weighted by molar-refractivity contribution is 5.39. The summed E-state index contributed by atoms with van der Waals surface area (Å²) in [5, 5.41) is 13.6. The van der Waals surface area contributed by atoms with Crippen molar-refractivity contribution < 1.29 is 9.66 Å². The Labute approximate surface area is 87.4 Å². The van der Waals surface area contributed by atoms with Gasteiger partial charge in [0.25, 0.3) is 5.88 Å². The first kappa shape index (κ1) is 11.4. The largest absolute Gasteiger partial charge is 0.471 e. The number of likely N-dealkylation sites (N-methyl/N-ethyl adjacent to an activating group) is 1. The van der Waals surface area contributed by atoms with Crippen LogP contribution in [-0.2, 0) is 0 Å². The Kier molecular flexibility index (Phi) is 4.49. The van der Waals surface area contributed by atoms with Gasteiger partial charge in [-0.1, -0.05) is 6.92 Å². The van der Waals surface area contributed by atoms with Gasteiger partial charge in [-0.25, -0.2) is 4.98 Å². The fourth-order valence-electron chi connectivity index (χ4n) is 1.03. The van der Waals surface area contributed by atoms with Crippen molar-refractivity contribution in [3.05, 3.63) is 28.4 Å². The predicted octanol–water partition coefficient (Wildman–Crippen LogP) is 0.978. The van der Waals surface area contributed by atoms with E-state index >= 15 is 0 Å². The summed E-state index contributed by atoms with van der Waals surface area (Å²) >= 11 is 0. The van der Waals surface area contributed by atoms with Crippen LogP contribution in [0.1, 0.15) is 6.92 Å². The molecule has 0 spiro atoms. The Hall–Kier alpha value is -1.69. The molecular weight excluding hydrogens is 198 g/mol. The van der Waals surface area contributed by atoms with Gasteiger partial charge in [0, 0.05) is 18.8 Å². The molecule has 0 aliphatic carbocycles. The molecule has 6 nitrogen and oxygen atoms in total. The molecule has 0 aliphatic heterocycles. The molecule has 82 valence electrons. The van der Waals surface area contributed by atoms with E-state index in [-0.39, 0.29) is 11.6 Å². The fourth-order valence-corrected chi connectivity index (χ4v) is 1.03. The van der Waals surface area contributed by atoms with Gasteiger partial charge >= 0.3 is 5.69 Å². The number of hydrogen-bond acceptors (Lipinski definition) is 5. The second kappa shape index (κ2) is 5.92. The Balaban J connectivity index is 2.56. The maximum Gasteiger partial charge on any atom is 0.330 e. The second-order valence-electron chi connectivity index (χ2n) is 2.79. The molecule has 1 aromatic heterocycles. The summed E-state index contributed by atoms with van der Waals surface area (Å²) in [4.78, 5) is 13.9. The topological polar surface area (TPSA) is 77.3 Å². The number of hydrogen-bond donors (Lipinski definition) is 1. The molecule has 15 heavy (non-hydrogen) atoms. The second-order valence-corrected chi connectivity index (χ2v) is 2.79. The normalized spacial score (nSPS) is 9.93. The summed E-state index contributed by atoms with van der Waals surface area (Å²) in [7, 11) is 0. The lowest BCUT2D eigenvalue weighted by Crippen LogP contribution is -2.20. The van der Waals surface area contributed by atoms with Crippen molar-refractivity contribution in [2.45, 2.75) is 6.92 Å². The van der Waals surface area contributed by atoms with Gasteiger partial charge < -0.3 is 10.1 Å². The molecule has 1 rings (SSSR count). The van der Waals surface area contributed by atoms with Crippen molar-refractivity contribution >= 4 is 5.69 Å². The molecule has 1 aromatic rings. The summed E-state index contributed by atoms with van der Waals surface area (Å²) in [5.74, 6) is 0.0698. The molecule has 0 atom stereocenters. The highest BCUT2D eigenvalue weighted by Gasteiger charge is 2.14. The van der Waals surface area contributed by atoms with Crippen LogP contribution in [0.25, 0.3) is 0 Å². The van der Waals surface area contributed by atoms with E-state index in [1.165, 1.54) is 18.3 Å². The molecule has 0 fully saturated rings. The van der Waals surface area contributed by atoms with Crippen molar-refractivity contribution in [1.82, 2.24) is 10.3 Å². The molecule has 1 N–H and O–H groups in total. The van der Waals surface area contributed by atoms with Gasteiger partial charge in [0.05, 0.1) is 4.92 Å². The van der Waals surface area contributed by atoms with Gasteiger partial charge in [0.2, 0.25) is 0 Å². The lowest BCUT2D eigenvalue weighted by Gasteiger charge is -2.05. The van der Waals surface area contributed by atoms with Crippen molar-refractivity contribution in [3.63, 3.8) is 0 Å². The van der Waals surface area contributed by atoms with E-state index in [4.69, 9.17) is 4.74 Å². The number of aromatic nitrogens is 1. The molecule has 0 amide bonds. The fraction of sp³-hybridized carbons (Fsp3) is 0.444. The van der Waals surface area contributed by atoms with Gasteiger partial charge in [-0.2, -0.15) is 0 Å². The third-order valence-corrected chi connectivity index (χ3v) is 1.72. The van der Waals surface area contributed by atoms with E-state index in [2.05, 4.69) is 10.3 Å². The van der Waals surface area contributed by atoms with E-state index in [0.29, 0.717) is 13.2 Å². The minimum absolute atomic E-state index is 0.0698. The van der Waals surface area contributed by atoms with Crippen LogP contribution in [0.2, 0.25) is 0 Å². The summed E-state index contributed by atoms with van der Waals surface area (Å²) in [5.41, 5.74) is -0.103. The Bertz CT molecular complexity index is 330. The van der Waals surface area contributed by atoms with Crippen LogP contribution in [0.15, 0.2) is 18.3 Å². The lowest BCUT2D eigenvalue weighted by atomic mass is 10.4. The van der Waals surface area contributed by atoms with E-state index in [0.717, 1.165) is 6.54 Å². The van der Waals surface area contributed by atoms with Crippen LogP contribution >= 0.6 is 0 Å². The van der Waals surface area contributed by atoms with Crippen molar-refractivity contribution in [2.24, 2.45) is 0 Å². The van der Waals surface area contributed by atoms with E-state index in [9.17, 15) is 10.1 Å². The smallest absolute Gasteiger partial charge is 0.330 e. The number of pyridine rings is 1. The van der Waals surface area contributed by atoms with Gasteiger partial charge in [-0.05, 0) is 12.6 Å². The van der Waals surface area contributed by atoms with Gasteiger partial charge in [-0.3, -0.25) is 10.1 Å². The van der Waals surface area contributed by atoms with Crippen LogP contribution in [0.5, 0.6) is 5.88 Å². The summed E-state index contributed by atoms with van der Waals surface area (Å²) < 4.78 is 5.19. The third-order valence-electron chi connectivity index (χ3n) is 1.72. The zero-order valence-corrected chi connectivity index (χ0v) is 8.47. The molecule has 0 radical (unpaired) electrons. The molecular formula is C9H13N3O3. The summed E-state index contributed by atoms with van der Waals surface area (Å²) in [6, 6.07) is 2.88. The van der Waals surface area contributed by atoms with Crippen LogP contribution in [0, 0.1) is 10.1 Å². The zero-order chi connectivity index (χ0) is 11.1. The van der Waals surface area contributed by atoms with Crippen LogP contribution in [0.3, 0.4) is 0 Å². The van der Waals surface area contributed by atoms with Crippen molar-refractivity contribution in [2.75, 3.05) is 19.7 Å². The van der Waals surface area contributed by atoms with E-state index in [1.807, 2.05) is 6.92 Å². The van der Waals surface area contributed by atoms with E-state index in [1.54, 1.807) is 0 Å². The molecule has 1 heterocycles. The maximum absolute atomic E-state index is 10.6. The minimum atomic E-state index is -0.504. The number of nitro groups is 1. The van der Waals surface area contributed by atoms with Gasteiger partial charge in [0.15, 0.2) is 0 Å². The first-order chi connectivity index (χ1) is 7.25. The van der Waals surface area contributed by atoms with Crippen LogP contribution < -0.4 is 10.1 Å². The Morgan fingerprint density at radius 1 is 1.67 bits per heavy atom. The molecule has 0 saturated carbocycles. The highest BCUT2D eigenvalue weighted by atomic mass is 16.6. The van der Waals surface area contributed by atoms with Crippen LogP contribution in [0.4, 0.5) is 5.69 Å². The first-order valence-electron chi connectivity index (χ1n) is 4.68. The Morgan fingerprint density at radius 2 is 2.47 bits per heavy atom.